The maximum Gasteiger partial charge on any atom is 0.0899 e. The summed E-state index contributed by atoms with van der Waals surface area (Å²) in [5, 5.41) is 9.65. The Morgan fingerprint density at radius 2 is 2.05 bits per heavy atom. The molecule has 0 heterocycles. The molecule has 1 aromatic carbocycles. The van der Waals surface area contributed by atoms with E-state index in [1.807, 2.05) is 19.2 Å². The highest BCUT2D eigenvalue weighted by Crippen LogP contribution is 2.18. The molecule has 0 spiro atoms. The van der Waals surface area contributed by atoms with E-state index in [0.29, 0.717) is 13.2 Å². The summed E-state index contributed by atoms with van der Waals surface area (Å²) in [6.07, 6.45) is 0.436. The van der Waals surface area contributed by atoms with Gasteiger partial charge in [-0.1, -0.05) is 24.3 Å². The van der Waals surface area contributed by atoms with Crippen LogP contribution >= 0.6 is 0 Å². The molecule has 4 nitrogen and oxygen atoms in total. The molecule has 108 valence electrons. The fourth-order valence-electron chi connectivity index (χ4n) is 2.21. The van der Waals surface area contributed by atoms with Gasteiger partial charge in [0.25, 0.3) is 0 Å². The molecule has 0 aromatic heterocycles. The van der Waals surface area contributed by atoms with Crippen LogP contribution in [0.25, 0.3) is 0 Å². The van der Waals surface area contributed by atoms with Crippen LogP contribution in [0.15, 0.2) is 24.3 Å². The topological polar surface area (TPSA) is 58.7 Å². The summed E-state index contributed by atoms with van der Waals surface area (Å²) in [5.74, 6) is 0. The van der Waals surface area contributed by atoms with Crippen LogP contribution in [-0.4, -0.2) is 50.0 Å². The first-order valence-corrected chi connectivity index (χ1v) is 6.71. The number of likely N-dealkylation sites (N-methyl/N-ethyl adjacent to an activating group) is 1. The van der Waals surface area contributed by atoms with E-state index in [1.165, 1.54) is 11.1 Å². The molecule has 0 radical (unpaired) electrons. The van der Waals surface area contributed by atoms with Crippen molar-refractivity contribution in [1.29, 1.82) is 0 Å². The molecule has 0 aliphatic carbocycles. The van der Waals surface area contributed by atoms with Crippen molar-refractivity contribution < 1.29 is 9.84 Å². The van der Waals surface area contributed by atoms with E-state index in [2.05, 4.69) is 24.0 Å². The molecule has 0 fully saturated rings. The number of aliphatic hydroxyl groups excluding tert-OH is 1. The molecular weight excluding hydrogens is 240 g/mol. The maximum absolute atomic E-state index is 9.65. The van der Waals surface area contributed by atoms with Gasteiger partial charge in [-0.15, -0.1) is 0 Å². The third-order valence-electron chi connectivity index (χ3n) is 3.29. The van der Waals surface area contributed by atoms with Gasteiger partial charge in [-0.25, -0.2) is 0 Å². The number of ether oxygens (including phenoxy) is 1. The normalized spacial score (nSPS) is 14.6. The van der Waals surface area contributed by atoms with Crippen LogP contribution in [-0.2, 0) is 4.74 Å². The number of methoxy groups -OCH3 is 1. The highest BCUT2D eigenvalue weighted by atomic mass is 16.5. The smallest absolute Gasteiger partial charge is 0.0899 e. The molecule has 0 bridgehead atoms. The number of rotatable bonds is 8. The summed E-state index contributed by atoms with van der Waals surface area (Å²) in [5.41, 5.74) is 8.66. The zero-order chi connectivity index (χ0) is 14.3. The van der Waals surface area contributed by atoms with Gasteiger partial charge in [0.2, 0.25) is 0 Å². The zero-order valence-corrected chi connectivity index (χ0v) is 12.2. The number of aryl methyl sites for hydroxylation is 1. The summed E-state index contributed by atoms with van der Waals surface area (Å²) in [4.78, 5) is 2.09. The van der Waals surface area contributed by atoms with Gasteiger partial charge in [0.15, 0.2) is 0 Å². The zero-order valence-electron chi connectivity index (χ0n) is 12.2. The molecule has 1 rings (SSSR count). The summed E-state index contributed by atoms with van der Waals surface area (Å²) >= 11 is 0. The first-order valence-electron chi connectivity index (χ1n) is 6.71. The van der Waals surface area contributed by atoms with Crippen molar-refractivity contribution in [3.05, 3.63) is 35.4 Å². The van der Waals surface area contributed by atoms with E-state index < -0.39 is 6.10 Å². The molecule has 0 aliphatic heterocycles. The van der Waals surface area contributed by atoms with E-state index in [4.69, 9.17) is 10.5 Å². The monoisotopic (exact) mass is 266 g/mol. The Morgan fingerprint density at radius 1 is 1.37 bits per heavy atom. The van der Waals surface area contributed by atoms with Gasteiger partial charge in [0, 0.05) is 19.7 Å². The van der Waals surface area contributed by atoms with Gasteiger partial charge >= 0.3 is 0 Å². The largest absolute Gasteiger partial charge is 0.389 e. The van der Waals surface area contributed by atoms with Crippen molar-refractivity contribution in [2.45, 2.75) is 25.5 Å². The summed E-state index contributed by atoms with van der Waals surface area (Å²) < 4.78 is 4.91. The Morgan fingerprint density at radius 3 is 2.68 bits per heavy atom. The molecule has 3 N–H and O–H groups in total. The third kappa shape index (κ3) is 5.70. The molecule has 0 aliphatic rings. The Labute approximate surface area is 116 Å². The lowest BCUT2D eigenvalue weighted by Gasteiger charge is -2.22. The Hall–Kier alpha value is -0.940. The lowest BCUT2D eigenvalue weighted by Crippen LogP contribution is -2.33. The van der Waals surface area contributed by atoms with E-state index in [9.17, 15) is 5.11 Å². The minimum Gasteiger partial charge on any atom is -0.389 e. The second kappa shape index (κ2) is 8.27. The molecule has 0 amide bonds. The quantitative estimate of drug-likeness (QED) is 0.745. The van der Waals surface area contributed by atoms with Crippen molar-refractivity contribution in [3.8, 4) is 0 Å². The minimum absolute atomic E-state index is 0.0446. The van der Waals surface area contributed by atoms with Gasteiger partial charge in [0.1, 0.15) is 0 Å². The number of nitrogens with zero attached hydrogens (tertiary/aromatic N) is 1. The number of hydrogen-bond donors (Lipinski definition) is 2. The number of hydrogen-bond acceptors (Lipinski definition) is 4. The lowest BCUT2D eigenvalue weighted by molar-refractivity contribution is 0.0428. The van der Waals surface area contributed by atoms with Crippen molar-refractivity contribution in [3.63, 3.8) is 0 Å². The first-order chi connectivity index (χ1) is 9.04. The van der Waals surface area contributed by atoms with Gasteiger partial charge in [-0.05, 0) is 38.1 Å². The number of aliphatic hydroxyl groups is 1. The van der Waals surface area contributed by atoms with Gasteiger partial charge in [-0.3, -0.25) is 0 Å². The van der Waals surface area contributed by atoms with E-state index in [-0.39, 0.29) is 6.04 Å². The predicted octanol–water partition coefficient (Wildman–Crippen LogP) is 1.32. The van der Waals surface area contributed by atoms with Crippen LogP contribution in [0, 0.1) is 6.92 Å². The van der Waals surface area contributed by atoms with Gasteiger partial charge in [-0.2, -0.15) is 0 Å². The summed E-state index contributed by atoms with van der Waals surface area (Å²) in [6.45, 7) is 3.92. The molecular formula is C15H26N2O2. The Kier molecular flexibility index (Phi) is 7.02. The molecule has 2 atom stereocenters. The molecule has 2 unspecified atom stereocenters. The molecule has 0 saturated heterocycles. The van der Waals surface area contributed by atoms with E-state index >= 15 is 0 Å². The van der Waals surface area contributed by atoms with Crippen molar-refractivity contribution in [2.24, 2.45) is 5.73 Å². The van der Waals surface area contributed by atoms with Crippen molar-refractivity contribution in [1.82, 2.24) is 4.90 Å². The van der Waals surface area contributed by atoms with Crippen molar-refractivity contribution >= 4 is 0 Å². The van der Waals surface area contributed by atoms with Crippen LogP contribution in [0.2, 0.25) is 0 Å². The van der Waals surface area contributed by atoms with Gasteiger partial charge < -0.3 is 20.5 Å². The van der Waals surface area contributed by atoms with Crippen LogP contribution in [0.5, 0.6) is 0 Å². The average Bonchev–Trinajstić information content (AvgIpc) is 2.36. The van der Waals surface area contributed by atoms with Gasteiger partial charge in [0.05, 0.1) is 12.7 Å². The Balaban J connectivity index is 2.38. The second-order valence-electron chi connectivity index (χ2n) is 5.12. The standard InChI is InChI=1S/C15H26N2O2/c1-12-6-4-5-7-14(12)15(16)8-9-17(2)10-13(18)11-19-3/h4-7,13,15,18H,8-11,16H2,1-3H3. The SMILES string of the molecule is COCC(O)CN(C)CCC(N)c1ccccc1C. The van der Waals surface area contributed by atoms with Crippen LogP contribution in [0.4, 0.5) is 0 Å². The number of benzene rings is 1. The van der Waals surface area contributed by atoms with Crippen LogP contribution < -0.4 is 5.73 Å². The molecule has 19 heavy (non-hydrogen) atoms. The molecule has 0 saturated carbocycles. The molecule has 4 heteroatoms. The fraction of sp³-hybridized carbons (Fsp3) is 0.600. The molecule has 1 aromatic rings. The first kappa shape index (κ1) is 16.1. The highest BCUT2D eigenvalue weighted by Gasteiger charge is 2.12. The maximum atomic E-state index is 9.65. The Bertz CT molecular complexity index is 371. The summed E-state index contributed by atoms with van der Waals surface area (Å²) in [7, 11) is 3.58. The lowest BCUT2D eigenvalue weighted by atomic mass is 9.99. The van der Waals surface area contributed by atoms with Crippen LogP contribution in [0.1, 0.15) is 23.6 Å². The summed E-state index contributed by atoms with van der Waals surface area (Å²) in [6, 6.07) is 8.26. The second-order valence-corrected chi connectivity index (χ2v) is 5.12. The van der Waals surface area contributed by atoms with E-state index in [0.717, 1.165) is 13.0 Å². The number of nitrogens with two attached hydrogens (primary N) is 1. The third-order valence-corrected chi connectivity index (χ3v) is 3.29. The fourth-order valence-corrected chi connectivity index (χ4v) is 2.21. The van der Waals surface area contributed by atoms with E-state index in [1.54, 1.807) is 7.11 Å². The average molecular weight is 266 g/mol. The van der Waals surface area contributed by atoms with Crippen LogP contribution in [0.3, 0.4) is 0 Å². The van der Waals surface area contributed by atoms with Crippen molar-refractivity contribution in [2.75, 3.05) is 33.9 Å². The minimum atomic E-state index is -0.440. The highest BCUT2D eigenvalue weighted by molar-refractivity contribution is 5.28. The predicted molar refractivity (Wildman–Crippen MR) is 78.1 cm³/mol.